The number of esters is 3. The number of unbranched alkanes of at least 4 members (excludes halogenated alkanes) is 12. The minimum absolute atomic E-state index is 0.121. The molecule has 0 fully saturated rings. The van der Waals surface area contributed by atoms with Crippen molar-refractivity contribution >= 4 is 64.8 Å². The Hall–Kier alpha value is -13.2. The van der Waals surface area contributed by atoms with E-state index in [-0.39, 0.29) is 35.4 Å². The first-order chi connectivity index (χ1) is 59.0. The summed E-state index contributed by atoms with van der Waals surface area (Å²) in [4.78, 5) is 126. The molecule has 5 N–H and O–H groups in total. The molecule has 122 heavy (non-hydrogen) atoms. The third kappa shape index (κ3) is 32.5. The highest BCUT2D eigenvalue weighted by Gasteiger charge is 2.28. The van der Waals surface area contributed by atoms with Gasteiger partial charge >= 0.3 is 23.9 Å². The molecule has 0 saturated carbocycles. The van der Waals surface area contributed by atoms with Crippen molar-refractivity contribution in [2.45, 2.75) is 162 Å². The number of amides is 4. The van der Waals surface area contributed by atoms with Crippen LogP contribution < -0.4 is 58.6 Å². The van der Waals surface area contributed by atoms with Crippen LogP contribution in [0, 0.1) is 0 Å². The molecular formula is C97H112N4O21. The summed E-state index contributed by atoms with van der Waals surface area (Å²) in [5, 5.41) is 26.2. The van der Waals surface area contributed by atoms with Gasteiger partial charge in [-0.3, -0.25) is 28.8 Å². The zero-order chi connectivity index (χ0) is 88.1. The summed E-state index contributed by atoms with van der Waals surface area (Å²) in [6, 6.07) is 54.7. The Kier molecular flexibility index (Phi) is 40.9. The van der Waals surface area contributed by atoms with Crippen molar-refractivity contribution in [2.75, 3.05) is 60.1 Å². The number of hydrogen-bond acceptors (Lipinski definition) is 20. The molecule has 25 nitrogen and oxygen atoms in total. The molecule has 646 valence electrons. The number of carbonyl (C=O) groups excluding carboxylic acids is 9. The number of ketones is 2. The van der Waals surface area contributed by atoms with Crippen LogP contribution in [0.4, 0.5) is 5.69 Å². The molecule has 9 rings (SSSR count). The van der Waals surface area contributed by atoms with Gasteiger partial charge in [0.2, 0.25) is 5.91 Å². The first kappa shape index (κ1) is 96.0. The van der Waals surface area contributed by atoms with Crippen molar-refractivity contribution < 1.29 is 101 Å². The fourth-order valence-electron chi connectivity index (χ4n) is 12.4. The van der Waals surface area contributed by atoms with E-state index in [1.807, 2.05) is 0 Å². The first-order valence-corrected chi connectivity index (χ1v) is 41.1. The zero-order valence-electron chi connectivity index (χ0n) is 70.9. The average molecular weight is 1670 g/mol. The highest BCUT2D eigenvalue weighted by atomic mass is 16.6. The number of aliphatic carboxylic acids is 1. The molecule has 0 saturated heterocycles. The van der Waals surface area contributed by atoms with E-state index in [0.29, 0.717) is 111 Å². The largest absolute Gasteiger partial charge is 0.497 e. The minimum Gasteiger partial charge on any atom is -0.497 e. The van der Waals surface area contributed by atoms with Gasteiger partial charge in [0.05, 0.1) is 69.9 Å². The fraction of sp³-hybridized carbons (Fsp3) is 0.340. The zero-order valence-corrected chi connectivity index (χ0v) is 70.9. The number of hydrogen-bond donors (Lipinski definition) is 5. The van der Waals surface area contributed by atoms with Gasteiger partial charge in [-0.25, -0.2) is 19.2 Å². The van der Waals surface area contributed by atoms with E-state index in [0.717, 1.165) is 49.8 Å². The van der Waals surface area contributed by atoms with E-state index < -0.39 is 66.3 Å². The van der Waals surface area contributed by atoms with Crippen LogP contribution in [-0.4, -0.2) is 141 Å². The van der Waals surface area contributed by atoms with Crippen LogP contribution in [0.2, 0.25) is 0 Å². The summed E-state index contributed by atoms with van der Waals surface area (Å²) < 4.78 is 49.4. The molecule has 0 aliphatic heterocycles. The Bertz CT molecular complexity index is 4790. The number of methoxy groups -OCH3 is 3. The number of likely N-dealkylation sites (N-methyl/N-ethyl adjacent to an activating group) is 1. The van der Waals surface area contributed by atoms with E-state index in [1.165, 1.54) is 139 Å². The van der Waals surface area contributed by atoms with E-state index >= 15 is 0 Å². The molecule has 0 aliphatic rings. The van der Waals surface area contributed by atoms with Gasteiger partial charge < -0.3 is 73.7 Å². The smallest absolute Gasteiger partial charge is 0.343 e. The number of nitrogens with one attached hydrogen (secondary N) is 3. The van der Waals surface area contributed by atoms with Crippen molar-refractivity contribution in [1.82, 2.24) is 15.5 Å². The van der Waals surface area contributed by atoms with Gasteiger partial charge in [-0.1, -0.05) is 128 Å². The lowest BCUT2D eigenvalue weighted by molar-refractivity contribution is -0.139. The van der Waals surface area contributed by atoms with Gasteiger partial charge in [0.25, 0.3) is 17.7 Å². The number of carboxylic acids is 1. The number of aliphatic hydroxyl groups excluding tert-OH is 1. The summed E-state index contributed by atoms with van der Waals surface area (Å²) in [5.41, 5.74) is 4.47. The maximum atomic E-state index is 13.0. The molecule has 4 amide bonds. The Morgan fingerprint density at radius 3 is 1.16 bits per heavy atom. The number of benzene rings is 9. The van der Waals surface area contributed by atoms with E-state index in [2.05, 4.69) is 36.7 Å². The highest BCUT2D eigenvalue weighted by Crippen LogP contribution is 2.31. The number of nitrogens with zero attached hydrogens (tertiary/aromatic N) is 1. The topological polar surface area (TPSA) is 334 Å². The highest BCUT2D eigenvalue weighted by molar-refractivity contribution is 6.00. The molecule has 0 aliphatic carbocycles. The standard InChI is InChI=1S/C34H40N2O8.C33H39NO6.C30H33NO7/c1-4-5-6-7-8-19-43-28-16-12-26(13-17-28)34(41)44-30-18-9-24(21-31(30)42-3)20-29(23(2)38)36-33(40)25-10-14-27(15-11-25)35-32(39)22-37;1-5-6-7-8-9-22-39-29-20-14-27(15-21-29)33(37)40-30-16-10-25(11-17-30)23-31(24(2)35)34(3)32(36)26-12-18-28(38-4)19-13-26;1-3-4-5-6-7-20-37-25-16-12-23(13-17-25)30(35)38-26-18-8-21(9-19-26)27(29(33)34)31-28(32)22-10-14-24(36-2)15-11-22/h9-18,21,29,37H,4-8,19-20,22H2,1-3H3,(H,35,39)(H,36,40);10-21,31H,5-9,22-23H2,1-4H3;8-19,27H,3-7,20H2,1-2H3,(H,31,32)(H,33,34)/t;31-;/m.0./s1. The van der Waals surface area contributed by atoms with E-state index in [1.54, 1.807) is 178 Å². The van der Waals surface area contributed by atoms with Gasteiger partial charge in [-0.15, -0.1) is 0 Å². The van der Waals surface area contributed by atoms with Gasteiger partial charge in [0.1, 0.15) is 46.9 Å². The van der Waals surface area contributed by atoms with Gasteiger partial charge in [-0.2, -0.15) is 0 Å². The summed E-state index contributed by atoms with van der Waals surface area (Å²) in [7, 11) is 6.14. The number of carbonyl (C=O) groups is 10. The van der Waals surface area contributed by atoms with Crippen molar-refractivity contribution in [2.24, 2.45) is 0 Å². The normalized spacial score (nSPS) is 11.3. The molecule has 0 aromatic heterocycles. The second-order valence-electron chi connectivity index (χ2n) is 28.8. The van der Waals surface area contributed by atoms with E-state index in [4.69, 9.17) is 47.7 Å². The molecule has 9 aromatic carbocycles. The predicted molar refractivity (Wildman–Crippen MR) is 465 cm³/mol. The third-order valence-corrected chi connectivity index (χ3v) is 19.5. The minimum atomic E-state index is -1.28. The van der Waals surface area contributed by atoms with Crippen molar-refractivity contribution in [3.8, 4) is 51.7 Å². The lowest BCUT2D eigenvalue weighted by Crippen LogP contribution is -2.43. The van der Waals surface area contributed by atoms with Crippen molar-refractivity contribution in [3.63, 3.8) is 0 Å². The summed E-state index contributed by atoms with van der Waals surface area (Å²) in [5.74, 6) is -0.503. The van der Waals surface area contributed by atoms with Crippen LogP contribution in [0.25, 0.3) is 0 Å². The second-order valence-corrected chi connectivity index (χ2v) is 28.8. The van der Waals surface area contributed by atoms with Crippen molar-refractivity contribution in [3.05, 3.63) is 262 Å². The predicted octanol–water partition coefficient (Wildman–Crippen LogP) is 17.5. The van der Waals surface area contributed by atoms with Crippen molar-refractivity contribution in [1.29, 1.82) is 0 Å². The number of anilines is 1. The number of Topliss-reactive ketones (excluding diaryl/α,β-unsaturated/α-hetero) is 2. The van der Waals surface area contributed by atoms with Crippen LogP contribution in [0.15, 0.2) is 212 Å². The number of aliphatic hydroxyl groups is 1. The lowest BCUT2D eigenvalue weighted by atomic mass is 10.0. The third-order valence-electron chi connectivity index (χ3n) is 19.5. The molecule has 9 aromatic rings. The van der Waals surface area contributed by atoms with Crippen LogP contribution in [0.1, 0.15) is 216 Å². The fourth-order valence-corrected chi connectivity index (χ4v) is 12.4. The Morgan fingerprint density at radius 2 is 0.754 bits per heavy atom. The quantitative estimate of drug-likeness (QED) is 0.0134. The average Bonchev–Trinajstić information content (AvgIpc) is 0.840. The number of rotatable bonds is 46. The molecule has 0 heterocycles. The van der Waals surface area contributed by atoms with Crippen LogP contribution in [0.5, 0.6) is 51.7 Å². The molecule has 25 heteroatoms. The summed E-state index contributed by atoms with van der Waals surface area (Å²) in [6.07, 6.45) is 17.9. The monoisotopic (exact) mass is 1670 g/mol. The van der Waals surface area contributed by atoms with Gasteiger partial charge in [0, 0.05) is 29.4 Å². The molecule has 0 bridgehead atoms. The van der Waals surface area contributed by atoms with E-state index in [9.17, 15) is 53.1 Å². The molecule has 0 spiro atoms. The lowest BCUT2D eigenvalue weighted by Gasteiger charge is -2.26. The molecule has 2 unspecified atom stereocenters. The van der Waals surface area contributed by atoms with Crippen LogP contribution in [0.3, 0.4) is 0 Å². The Balaban J connectivity index is 0.000000253. The number of carboxylic acid groups (broad SMARTS) is 1. The Labute approximate surface area is 713 Å². The summed E-state index contributed by atoms with van der Waals surface area (Å²) >= 11 is 0. The maximum Gasteiger partial charge on any atom is 0.343 e. The van der Waals surface area contributed by atoms with Crippen LogP contribution in [-0.2, 0) is 32.0 Å². The second kappa shape index (κ2) is 52.0. The first-order valence-electron chi connectivity index (χ1n) is 41.1. The number of ether oxygens (including phenoxy) is 9. The molecule has 0 radical (unpaired) electrons. The van der Waals surface area contributed by atoms with Gasteiger partial charge in [0.15, 0.2) is 29.1 Å². The SMILES string of the molecule is CCCCCCCOc1ccc(C(=O)Oc2ccc(C(NC(=O)c3ccc(OC)cc3)C(=O)O)cc2)cc1.CCCCCCCOc1ccc(C(=O)Oc2ccc(CC(NC(=O)c3ccc(NC(=O)CO)cc3)C(C)=O)cc2OC)cc1.CCCCCCCOc1ccc(C(=O)Oc2ccc(C[C@@H](C(C)=O)N(C)C(=O)c3ccc(OC)cc3)cc2)cc1. The van der Waals surface area contributed by atoms with Crippen LogP contribution >= 0.6 is 0 Å². The molecule has 3 atom stereocenters. The summed E-state index contributed by atoms with van der Waals surface area (Å²) in [6.45, 7) is 10.7. The van der Waals surface area contributed by atoms with Gasteiger partial charge in [-0.05, 0) is 245 Å². The maximum absolute atomic E-state index is 13.0. The Morgan fingerprint density at radius 1 is 0.377 bits per heavy atom. The molecular weight excluding hydrogens is 1560 g/mol.